The molecule has 0 N–H and O–H groups in total. The highest BCUT2D eigenvalue weighted by Crippen LogP contribution is 2.14. The summed E-state index contributed by atoms with van der Waals surface area (Å²) in [5.74, 6) is 0. The van der Waals surface area contributed by atoms with E-state index in [1.807, 2.05) is 0 Å². The zero-order chi connectivity index (χ0) is 8.24. The van der Waals surface area contributed by atoms with Crippen molar-refractivity contribution in [2.45, 2.75) is 66.2 Å². The Morgan fingerprint density at radius 1 is 0.700 bits per heavy atom. The van der Waals surface area contributed by atoms with Gasteiger partial charge in [0.25, 0.3) is 0 Å². The second kappa shape index (κ2) is 16.0. The Kier molecular flexibility index (Phi) is 20.2. The van der Waals surface area contributed by atoms with Crippen LogP contribution in [0.25, 0.3) is 0 Å². The molecule has 1 fully saturated rings. The van der Waals surface area contributed by atoms with Crippen LogP contribution in [0.5, 0.6) is 0 Å². The molecule has 1 aliphatic rings. The van der Waals surface area contributed by atoms with Gasteiger partial charge in [-0.1, -0.05) is 66.2 Å². The SMILES string of the molecule is C1CC1.CCC.CCCC. The molecular formula is C10H24. The van der Waals surface area contributed by atoms with E-state index >= 15 is 0 Å². The van der Waals surface area contributed by atoms with Crippen LogP contribution in [0.4, 0.5) is 0 Å². The standard InChI is InChI=1S/C4H10.C3H6.C3H8/c1-3-4-2;1-2-3-1;1-3-2/h3-4H2,1-2H3;1-3H2;3H2,1-2H3. The van der Waals surface area contributed by atoms with Gasteiger partial charge in [0.15, 0.2) is 0 Å². The first-order chi connectivity index (χ1) is 4.83. The van der Waals surface area contributed by atoms with Gasteiger partial charge in [-0.3, -0.25) is 0 Å². The molecule has 0 radical (unpaired) electrons. The predicted molar refractivity (Wildman–Crippen MR) is 50.4 cm³/mol. The lowest BCUT2D eigenvalue weighted by molar-refractivity contribution is 0.886. The van der Waals surface area contributed by atoms with Crippen molar-refractivity contribution in [1.82, 2.24) is 0 Å². The summed E-state index contributed by atoms with van der Waals surface area (Å²) in [4.78, 5) is 0. The Labute approximate surface area is 67.0 Å². The molecule has 1 rings (SSSR count). The molecule has 1 aliphatic carbocycles. The Morgan fingerprint density at radius 2 is 0.900 bits per heavy atom. The van der Waals surface area contributed by atoms with Crippen molar-refractivity contribution in [2.75, 3.05) is 0 Å². The third-order valence-corrected chi connectivity index (χ3v) is 0.854. The summed E-state index contributed by atoms with van der Waals surface area (Å²) in [7, 11) is 0. The van der Waals surface area contributed by atoms with Crippen LogP contribution in [0.2, 0.25) is 0 Å². The molecule has 0 saturated heterocycles. The molecule has 10 heavy (non-hydrogen) atoms. The zero-order valence-electron chi connectivity index (χ0n) is 8.24. The lowest BCUT2D eigenvalue weighted by atomic mass is 10.4. The maximum Gasteiger partial charge on any atom is -0.0533 e. The molecular weight excluding hydrogens is 120 g/mol. The molecule has 0 unspecified atom stereocenters. The summed E-state index contributed by atoms with van der Waals surface area (Å²) in [6, 6.07) is 0. The van der Waals surface area contributed by atoms with Crippen LogP contribution in [-0.4, -0.2) is 0 Å². The molecule has 0 amide bonds. The molecule has 0 nitrogen and oxygen atoms in total. The molecule has 0 aromatic rings. The summed E-state index contributed by atoms with van der Waals surface area (Å²) in [6.45, 7) is 8.61. The summed E-state index contributed by atoms with van der Waals surface area (Å²) >= 11 is 0. The third-order valence-electron chi connectivity index (χ3n) is 0.854. The van der Waals surface area contributed by atoms with Gasteiger partial charge in [0.1, 0.15) is 0 Å². The van der Waals surface area contributed by atoms with Gasteiger partial charge >= 0.3 is 0 Å². The van der Waals surface area contributed by atoms with Crippen LogP contribution in [0.15, 0.2) is 0 Å². The lowest BCUT2D eigenvalue weighted by Gasteiger charge is -1.68. The van der Waals surface area contributed by atoms with Crippen molar-refractivity contribution in [2.24, 2.45) is 0 Å². The van der Waals surface area contributed by atoms with E-state index in [1.165, 1.54) is 38.5 Å². The summed E-state index contributed by atoms with van der Waals surface area (Å²) in [5.41, 5.74) is 0. The van der Waals surface area contributed by atoms with Crippen LogP contribution in [0.3, 0.4) is 0 Å². The lowest BCUT2D eigenvalue weighted by Crippen LogP contribution is -1.47. The molecule has 64 valence electrons. The van der Waals surface area contributed by atoms with Gasteiger partial charge in [0.05, 0.1) is 0 Å². The topological polar surface area (TPSA) is 0 Å². The molecule has 0 aromatic carbocycles. The molecule has 0 heterocycles. The zero-order valence-corrected chi connectivity index (χ0v) is 8.24. The molecule has 0 spiro atoms. The fourth-order valence-corrected chi connectivity index (χ4v) is 0. The second-order valence-corrected chi connectivity index (χ2v) is 2.77. The van der Waals surface area contributed by atoms with E-state index in [9.17, 15) is 0 Å². The summed E-state index contributed by atoms with van der Waals surface area (Å²) < 4.78 is 0. The number of unbranched alkanes of at least 4 members (excludes halogenated alkanes) is 1. The second-order valence-electron chi connectivity index (χ2n) is 2.77. The summed E-state index contributed by atoms with van der Waals surface area (Å²) in [5, 5.41) is 0. The van der Waals surface area contributed by atoms with E-state index in [-0.39, 0.29) is 0 Å². The van der Waals surface area contributed by atoms with Gasteiger partial charge in [-0.25, -0.2) is 0 Å². The largest absolute Gasteiger partial charge is 0.0656 e. The van der Waals surface area contributed by atoms with Crippen molar-refractivity contribution in [3.63, 3.8) is 0 Å². The fourth-order valence-electron chi connectivity index (χ4n) is 0. The van der Waals surface area contributed by atoms with Crippen molar-refractivity contribution < 1.29 is 0 Å². The van der Waals surface area contributed by atoms with Crippen molar-refractivity contribution >= 4 is 0 Å². The van der Waals surface area contributed by atoms with Crippen LogP contribution in [-0.2, 0) is 0 Å². The first kappa shape index (κ1) is 12.7. The molecule has 0 heteroatoms. The molecule has 0 bridgehead atoms. The summed E-state index contributed by atoms with van der Waals surface area (Å²) in [6.07, 6.45) is 8.39. The van der Waals surface area contributed by atoms with Crippen LogP contribution in [0.1, 0.15) is 66.2 Å². The predicted octanol–water partition coefficient (Wildman–Crippen LogP) is 4.39. The average molecular weight is 144 g/mol. The van der Waals surface area contributed by atoms with Gasteiger partial charge in [-0.2, -0.15) is 0 Å². The van der Waals surface area contributed by atoms with Crippen LogP contribution in [0, 0.1) is 0 Å². The Bertz CT molecular complexity index is 24.3. The molecule has 0 aliphatic heterocycles. The van der Waals surface area contributed by atoms with E-state index in [2.05, 4.69) is 27.7 Å². The third kappa shape index (κ3) is 98.0. The molecule has 0 atom stereocenters. The minimum Gasteiger partial charge on any atom is -0.0656 e. The highest BCUT2D eigenvalue weighted by atomic mass is 14.0. The van der Waals surface area contributed by atoms with E-state index in [1.54, 1.807) is 0 Å². The first-order valence-corrected chi connectivity index (χ1v) is 4.83. The average Bonchev–Trinajstić information content (AvgIpc) is 2.73. The Hall–Kier alpha value is 0. The smallest absolute Gasteiger partial charge is 0.0533 e. The van der Waals surface area contributed by atoms with Crippen LogP contribution < -0.4 is 0 Å². The quantitative estimate of drug-likeness (QED) is 0.512. The Morgan fingerprint density at radius 3 is 0.900 bits per heavy atom. The van der Waals surface area contributed by atoms with E-state index in [0.717, 1.165) is 0 Å². The molecule has 0 aromatic heterocycles. The van der Waals surface area contributed by atoms with Gasteiger partial charge in [-0.15, -0.1) is 0 Å². The molecule has 1 saturated carbocycles. The van der Waals surface area contributed by atoms with Crippen molar-refractivity contribution in [3.8, 4) is 0 Å². The van der Waals surface area contributed by atoms with E-state index < -0.39 is 0 Å². The Balaban J connectivity index is 0. The number of hydrogen-bond acceptors (Lipinski definition) is 0. The minimum absolute atomic E-state index is 1.25. The first-order valence-electron chi connectivity index (χ1n) is 4.83. The highest BCUT2D eigenvalue weighted by Gasteiger charge is 1.95. The number of rotatable bonds is 1. The number of hydrogen-bond donors (Lipinski definition) is 0. The van der Waals surface area contributed by atoms with Crippen molar-refractivity contribution in [3.05, 3.63) is 0 Å². The van der Waals surface area contributed by atoms with Crippen LogP contribution >= 0.6 is 0 Å². The van der Waals surface area contributed by atoms with E-state index in [0.29, 0.717) is 0 Å². The van der Waals surface area contributed by atoms with Gasteiger partial charge in [0, 0.05) is 0 Å². The van der Waals surface area contributed by atoms with Gasteiger partial charge < -0.3 is 0 Å². The maximum absolute atomic E-state index is 2.18. The fraction of sp³-hybridized carbons (Fsp3) is 1.00. The van der Waals surface area contributed by atoms with E-state index in [4.69, 9.17) is 0 Å². The maximum atomic E-state index is 2.18. The monoisotopic (exact) mass is 144 g/mol. The van der Waals surface area contributed by atoms with Gasteiger partial charge in [0.2, 0.25) is 0 Å². The highest BCUT2D eigenvalue weighted by molar-refractivity contribution is 4.50. The minimum atomic E-state index is 1.25. The van der Waals surface area contributed by atoms with Crippen molar-refractivity contribution in [1.29, 1.82) is 0 Å². The van der Waals surface area contributed by atoms with Gasteiger partial charge in [-0.05, 0) is 0 Å². The normalized spacial score (nSPS) is 12.0.